The van der Waals surface area contributed by atoms with Gasteiger partial charge in [-0.05, 0) is 42.9 Å². The van der Waals surface area contributed by atoms with Crippen molar-refractivity contribution in [3.63, 3.8) is 0 Å². The van der Waals surface area contributed by atoms with E-state index in [0.29, 0.717) is 23.1 Å². The molecule has 1 saturated heterocycles. The molecule has 2 heterocycles. The van der Waals surface area contributed by atoms with E-state index in [1.165, 1.54) is 11.3 Å². The van der Waals surface area contributed by atoms with Crippen LogP contribution in [0.4, 0.5) is 0 Å². The average Bonchev–Trinajstić information content (AvgIpc) is 3.16. The van der Waals surface area contributed by atoms with Crippen LogP contribution in [0.25, 0.3) is 0 Å². The second-order valence-corrected chi connectivity index (χ2v) is 8.49. The fourth-order valence-corrected chi connectivity index (χ4v) is 5.10. The Labute approximate surface area is 135 Å². The molecule has 1 aromatic rings. The predicted octanol–water partition coefficient (Wildman–Crippen LogP) is 3.49. The third-order valence-corrected chi connectivity index (χ3v) is 6.72. The van der Waals surface area contributed by atoms with Gasteiger partial charge in [0.05, 0.1) is 6.04 Å². The molecule has 1 amide bonds. The van der Waals surface area contributed by atoms with Crippen LogP contribution in [0.3, 0.4) is 0 Å². The first-order valence-corrected chi connectivity index (χ1v) is 9.93. The van der Waals surface area contributed by atoms with Crippen LogP contribution in [0.5, 0.6) is 0 Å². The number of nitrogens with zero attached hydrogens (tertiary/aromatic N) is 1. The number of thioether (sulfide) groups is 1. The van der Waals surface area contributed by atoms with Crippen LogP contribution in [-0.2, 0) is 4.79 Å². The molecule has 4 atom stereocenters. The van der Waals surface area contributed by atoms with Crippen LogP contribution in [-0.4, -0.2) is 34.4 Å². The topological polar surface area (TPSA) is 32.3 Å². The largest absolute Gasteiger partial charge is 0.318 e. The van der Waals surface area contributed by atoms with E-state index in [2.05, 4.69) is 47.8 Å². The summed E-state index contributed by atoms with van der Waals surface area (Å²) in [5.41, 5.74) is 0. The van der Waals surface area contributed by atoms with Crippen molar-refractivity contribution in [2.75, 3.05) is 6.26 Å². The van der Waals surface area contributed by atoms with E-state index in [0.717, 1.165) is 12.8 Å². The first-order chi connectivity index (χ1) is 10.1. The minimum absolute atomic E-state index is 0.0366. The number of hydrogen-bond acceptors (Lipinski definition) is 4. The Balaban J connectivity index is 1.85. The molecule has 0 bridgehead atoms. The molecule has 2 fully saturated rings. The number of carbonyl (C=O) groups is 1. The normalized spacial score (nSPS) is 33.3. The molecule has 3 nitrogen and oxygen atoms in total. The maximum absolute atomic E-state index is 12.9. The van der Waals surface area contributed by atoms with Gasteiger partial charge < -0.3 is 4.90 Å². The highest BCUT2D eigenvalue weighted by Gasteiger charge is 2.46. The molecular weight excluding hydrogens is 300 g/mol. The Hall–Kier alpha value is -0.520. The molecule has 1 aromatic heterocycles. The molecule has 0 spiro atoms. The van der Waals surface area contributed by atoms with E-state index in [4.69, 9.17) is 0 Å². The molecule has 2 aliphatic rings. The third kappa shape index (κ3) is 2.88. The fourth-order valence-electron chi connectivity index (χ4n) is 3.53. The lowest BCUT2D eigenvalue weighted by atomic mass is 10.0. The van der Waals surface area contributed by atoms with E-state index < -0.39 is 0 Å². The molecule has 21 heavy (non-hydrogen) atoms. The Morgan fingerprint density at radius 2 is 2.24 bits per heavy atom. The van der Waals surface area contributed by atoms with Crippen LogP contribution >= 0.6 is 23.1 Å². The van der Waals surface area contributed by atoms with Crippen LogP contribution < -0.4 is 5.32 Å². The Kier molecular flexibility index (Phi) is 4.62. The van der Waals surface area contributed by atoms with Crippen LogP contribution in [0.15, 0.2) is 17.5 Å². The van der Waals surface area contributed by atoms with Crippen molar-refractivity contribution in [3.8, 4) is 0 Å². The monoisotopic (exact) mass is 324 g/mol. The van der Waals surface area contributed by atoms with E-state index in [1.54, 1.807) is 11.3 Å². The highest BCUT2D eigenvalue weighted by molar-refractivity contribution is 7.99. The molecule has 4 unspecified atom stereocenters. The van der Waals surface area contributed by atoms with Crippen LogP contribution in [0.1, 0.15) is 44.2 Å². The number of carbonyl (C=O) groups excluding carboxylic acids is 1. The zero-order valence-electron chi connectivity index (χ0n) is 12.9. The van der Waals surface area contributed by atoms with Gasteiger partial charge in [0, 0.05) is 16.2 Å². The van der Waals surface area contributed by atoms with E-state index in [-0.39, 0.29) is 12.2 Å². The summed E-state index contributed by atoms with van der Waals surface area (Å²) in [5, 5.41) is 6.39. The third-order valence-electron chi connectivity index (χ3n) is 4.70. The number of hydrogen-bond donors (Lipinski definition) is 1. The van der Waals surface area contributed by atoms with Gasteiger partial charge >= 0.3 is 0 Å². The van der Waals surface area contributed by atoms with Gasteiger partial charge in [-0.25, -0.2) is 0 Å². The van der Waals surface area contributed by atoms with Gasteiger partial charge in [0.15, 0.2) is 0 Å². The second kappa shape index (κ2) is 6.31. The number of rotatable bonds is 4. The highest BCUT2D eigenvalue weighted by atomic mass is 32.2. The summed E-state index contributed by atoms with van der Waals surface area (Å²) in [7, 11) is 0. The predicted molar refractivity (Wildman–Crippen MR) is 90.6 cm³/mol. The van der Waals surface area contributed by atoms with Gasteiger partial charge in [0.25, 0.3) is 0 Å². The minimum atomic E-state index is -0.0366. The number of thiophene rings is 1. The van der Waals surface area contributed by atoms with Gasteiger partial charge in [-0.15, -0.1) is 11.3 Å². The second-order valence-electron chi connectivity index (χ2n) is 6.38. The molecule has 116 valence electrons. The lowest BCUT2D eigenvalue weighted by Gasteiger charge is -2.29. The molecule has 0 radical (unpaired) electrons. The van der Waals surface area contributed by atoms with Crippen molar-refractivity contribution < 1.29 is 4.79 Å². The van der Waals surface area contributed by atoms with E-state index in [1.807, 2.05) is 11.8 Å². The maximum atomic E-state index is 12.9. The van der Waals surface area contributed by atoms with Gasteiger partial charge in [0.2, 0.25) is 5.91 Å². The molecule has 3 rings (SSSR count). The minimum Gasteiger partial charge on any atom is -0.318 e. The highest BCUT2D eigenvalue weighted by Crippen LogP contribution is 2.39. The van der Waals surface area contributed by atoms with Crippen molar-refractivity contribution in [1.29, 1.82) is 0 Å². The lowest BCUT2D eigenvalue weighted by molar-refractivity contribution is -0.132. The Morgan fingerprint density at radius 1 is 1.43 bits per heavy atom. The molecule has 1 aliphatic carbocycles. The van der Waals surface area contributed by atoms with Crippen molar-refractivity contribution >= 4 is 29.0 Å². The first kappa shape index (κ1) is 15.4. The van der Waals surface area contributed by atoms with Gasteiger partial charge in [-0.1, -0.05) is 19.9 Å². The van der Waals surface area contributed by atoms with Gasteiger partial charge in [-0.2, -0.15) is 11.8 Å². The molecule has 1 aliphatic heterocycles. The summed E-state index contributed by atoms with van der Waals surface area (Å²) in [6, 6.07) is 4.59. The van der Waals surface area contributed by atoms with Crippen molar-refractivity contribution in [2.24, 2.45) is 5.92 Å². The first-order valence-electron chi connectivity index (χ1n) is 7.76. The van der Waals surface area contributed by atoms with Gasteiger partial charge in [-0.3, -0.25) is 10.1 Å². The molecular formula is C16H24N2OS2. The van der Waals surface area contributed by atoms with E-state index in [9.17, 15) is 4.79 Å². The number of amides is 1. The smallest absolute Gasteiger partial charge is 0.241 e. The van der Waals surface area contributed by atoms with Crippen molar-refractivity contribution in [1.82, 2.24) is 10.2 Å². The summed E-state index contributed by atoms with van der Waals surface area (Å²) < 4.78 is 0. The standard InChI is InChI=1S/C16H24N2OS2/c1-10(2)14-16(19)18(11-6-7-12(9-11)20-3)15(17-14)13-5-4-8-21-13/h4-5,8,10-12,14-15,17H,6-7,9H2,1-3H3. The summed E-state index contributed by atoms with van der Waals surface area (Å²) in [5.74, 6) is 0.637. The zero-order chi connectivity index (χ0) is 15.0. The van der Waals surface area contributed by atoms with Crippen LogP contribution in [0, 0.1) is 5.92 Å². The molecule has 5 heteroatoms. The van der Waals surface area contributed by atoms with Crippen LogP contribution in [0.2, 0.25) is 0 Å². The molecule has 1 saturated carbocycles. The maximum Gasteiger partial charge on any atom is 0.241 e. The Morgan fingerprint density at radius 3 is 2.81 bits per heavy atom. The average molecular weight is 325 g/mol. The molecule has 1 N–H and O–H groups in total. The Bertz CT molecular complexity index is 488. The summed E-state index contributed by atoms with van der Waals surface area (Å²) >= 11 is 3.69. The summed E-state index contributed by atoms with van der Waals surface area (Å²) in [6.45, 7) is 4.26. The van der Waals surface area contributed by atoms with Crippen molar-refractivity contribution in [3.05, 3.63) is 22.4 Å². The SMILES string of the molecule is CSC1CCC(N2C(=O)C(C(C)C)NC2c2cccs2)C1. The number of nitrogens with one attached hydrogen (secondary N) is 1. The van der Waals surface area contributed by atoms with Crippen molar-refractivity contribution in [2.45, 2.75) is 56.6 Å². The molecule has 0 aromatic carbocycles. The lowest BCUT2D eigenvalue weighted by Crippen LogP contribution is -2.39. The summed E-state index contributed by atoms with van der Waals surface area (Å²) in [6.07, 6.45) is 5.78. The quantitative estimate of drug-likeness (QED) is 0.920. The fraction of sp³-hybridized carbons (Fsp3) is 0.688. The zero-order valence-corrected chi connectivity index (χ0v) is 14.5. The van der Waals surface area contributed by atoms with E-state index >= 15 is 0 Å². The summed E-state index contributed by atoms with van der Waals surface area (Å²) in [4.78, 5) is 16.3. The van der Waals surface area contributed by atoms with Gasteiger partial charge in [0.1, 0.15) is 6.17 Å².